The minimum absolute atomic E-state index is 0.00721. The molecule has 1 unspecified atom stereocenters. The standard InChI is InChI=1S/C26H32N4O7/c1-11(31)4-3-5-30-10-13-7-15(29-2)14-6-12-8-26(28)9-16(32)19(25(27)37)24(36)20(26)23(35)17(12)22(34)18(14)21(13)33/h7,12,20,29-31,33-34,36H,1,3-6,8-10,28H2,2H3,(H2,27,37)/t12-,20?,26+/m0/s1. The molecule has 0 aromatic heterocycles. The molecule has 0 spiro atoms. The highest BCUT2D eigenvalue weighted by atomic mass is 16.3. The lowest BCUT2D eigenvalue weighted by atomic mass is 9.58. The van der Waals surface area contributed by atoms with Crippen molar-refractivity contribution in [2.45, 2.75) is 44.2 Å². The van der Waals surface area contributed by atoms with E-state index in [0.717, 1.165) is 0 Å². The number of aliphatic hydroxyl groups excluding tert-OH is 3. The number of primary amides is 1. The van der Waals surface area contributed by atoms with Crippen LogP contribution in [0.2, 0.25) is 0 Å². The smallest absolute Gasteiger partial charge is 0.255 e. The molecule has 4 rings (SSSR count). The number of fused-ring (bicyclic) bond motifs is 3. The highest BCUT2D eigenvalue weighted by Crippen LogP contribution is 2.52. The Morgan fingerprint density at radius 2 is 1.97 bits per heavy atom. The Morgan fingerprint density at radius 1 is 1.27 bits per heavy atom. The molecule has 10 N–H and O–H groups in total. The molecule has 1 amide bonds. The second-order valence-corrected chi connectivity index (χ2v) is 10.0. The summed E-state index contributed by atoms with van der Waals surface area (Å²) in [4.78, 5) is 38.0. The maximum atomic E-state index is 13.7. The number of ketones is 2. The molecular weight excluding hydrogens is 480 g/mol. The monoisotopic (exact) mass is 512 g/mol. The Labute approximate surface area is 213 Å². The molecule has 1 saturated carbocycles. The van der Waals surface area contributed by atoms with Gasteiger partial charge < -0.3 is 42.5 Å². The first-order chi connectivity index (χ1) is 17.4. The second-order valence-electron chi connectivity index (χ2n) is 10.0. The van der Waals surface area contributed by atoms with E-state index in [4.69, 9.17) is 11.5 Å². The first kappa shape index (κ1) is 26.2. The SMILES string of the molecule is C=C(O)CCCNCc1cc(NC)c2c(c1O)C(O)=C1C(=O)C3C(O)=C(C(N)=O)C(=O)C[C@]3(N)C[C@@H]1C2. The van der Waals surface area contributed by atoms with Crippen molar-refractivity contribution in [3.05, 3.63) is 52.0 Å². The van der Waals surface area contributed by atoms with Gasteiger partial charge in [-0.15, -0.1) is 0 Å². The fourth-order valence-electron chi connectivity index (χ4n) is 5.90. The molecule has 0 radical (unpaired) electrons. The van der Waals surface area contributed by atoms with Gasteiger partial charge in [0.2, 0.25) is 0 Å². The Morgan fingerprint density at radius 3 is 2.59 bits per heavy atom. The first-order valence-corrected chi connectivity index (χ1v) is 12.1. The number of anilines is 1. The minimum Gasteiger partial charge on any atom is -0.513 e. The van der Waals surface area contributed by atoms with E-state index in [0.29, 0.717) is 36.2 Å². The van der Waals surface area contributed by atoms with Gasteiger partial charge in [-0.2, -0.15) is 0 Å². The van der Waals surface area contributed by atoms with Crippen LogP contribution in [-0.4, -0.2) is 57.0 Å². The third-order valence-corrected chi connectivity index (χ3v) is 7.51. The van der Waals surface area contributed by atoms with Gasteiger partial charge in [0.1, 0.15) is 22.8 Å². The lowest BCUT2D eigenvalue weighted by molar-refractivity contribution is -0.128. The van der Waals surface area contributed by atoms with Gasteiger partial charge >= 0.3 is 0 Å². The van der Waals surface area contributed by atoms with Crippen LogP contribution < -0.4 is 22.1 Å². The number of Topliss-reactive ketones (excluding diaryl/α,β-unsaturated/α-hetero) is 2. The van der Waals surface area contributed by atoms with E-state index < -0.39 is 51.9 Å². The highest BCUT2D eigenvalue weighted by molar-refractivity contribution is 6.22. The van der Waals surface area contributed by atoms with E-state index in [9.17, 15) is 34.8 Å². The number of benzene rings is 1. The van der Waals surface area contributed by atoms with Gasteiger partial charge in [-0.3, -0.25) is 14.4 Å². The number of rotatable bonds is 8. The second kappa shape index (κ2) is 9.56. The number of hydrogen-bond acceptors (Lipinski definition) is 10. The van der Waals surface area contributed by atoms with Crippen molar-refractivity contribution in [1.29, 1.82) is 0 Å². The zero-order chi connectivity index (χ0) is 27.2. The molecule has 0 heterocycles. The fraction of sp³-hybridized carbons (Fsp3) is 0.423. The predicted molar refractivity (Wildman–Crippen MR) is 136 cm³/mol. The maximum Gasteiger partial charge on any atom is 0.255 e. The van der Waals surface area contributed by atoms with Crippen LogP contribution in [0.1, 0.15) is 42.4 Å². The summed E-state index contributed by atoms with van der Waals surface area (Å²) in [6.07, 6.45) is 1.08. The number of aliphatic hydroxyl groups is 3. The number of nitrogens with two attached hydrogens (primary N) is 2. The molecule has 3 aliphatic rings. The molecule has 11 heteroatoms. The fourth-order valence-corrected chi connectivity index (χ4v) is 5.90. The summed E-state index contributed by atoms with van der Waals surface area (Å²) in [5, 5.41) is 48.6. The average molecular weight is 513 g/mol. The van der Waals surface area contributed by atoms with Crippen molar-refractivity contribution < 1.29 is 34.8 Å². The largest absolute Gasteiger partial charge is 0.513 e. The molecule has 198 valence electrons. The Balaban J connectivity index is 1.76. The summed E-state index contributed by atoms with van der Waals surface area (Å²) in [7, 11) is 1.70. The van der Waals surface area contributed by atoms with E-state index in [1.807, 2.05) is 0 Å². The zero-order valence-electron chi connectivity index (χ0n) is 20.6. The normalized spacial score (nSPS) is 24.9. The van der Waals surface area contributed by atoms with Crippen molar-refractivity contribution in [2.75, 3.05) is 18.9 Å². The lowest BCUT2D eigenvalue weighted by Gasteiger charge is -2.47. The van der Waals surface area contributed by atoms with Gasteiger partial charge in [0.05, 0.1) is 17.2 Å². The quantitative estimate of drug-likeness (QED) is 0.109. The van der Waals surface area contributed by atoms with E-state index in [1.54, 1.807) is 13.1 Å². The third kappa shape index (κ3) is 4.34. The van der Waals surface area contributed by atoms with E-state index in [2.05, 4.69) is 17.2 Å². The molecule has 0 saturated heterocycles. The van der Waals surface area contributed by atoms with Crippen molar-refractivity contribution in [2.24, 2.45) is 23.3 Å². The molecule has 3 atom stereocenters. The third-order valence-electron chi connectivity index (χ3n) is 7.51. The molecule has 3 aliphatic carbocycles. The van der Waals surface area contributed by atoms with Crippen molar-refractivity contribution in [3.8, 4) is 5.75 Å². The Hall–Kier alpha value is -3.83. The maximum absolute atomic E-state index is 13.7. The molecule has 1 fully saturated rings. The van der Waals surface area contributed by atoms with Crippen LogP contribution in [0.4, 0.5) is 5.69 Å². The minimum atomic E-state index is -1.45. The number of hydrogen-bond donors (Lipinski definition) is 8. The summed E-state index contributed by atoms with van der Waals surface area (Å²) < 4.78 is 0. The average Bonchev–Trinajstić information content (AvgIpc) is 2.78. The molecule has 37 heavy (non-hydrogen) atoms. The summed E-state index contributed by atoms with van der Waals surface area (Å²) in [6.45, 7) is 4.25. The molecule has 11 nitrogen and oxygen atoms in total. The van der Waals surface area contributed by atoms with Crippen LogP contribution in [0.15, 0.2) is 35.3 Å². The van der Waals surface area contributed by atoms with Gasteiger partial charge in [0.15, 0.2) is 11.6 Å². The molecular formula is C26H32N4O7. The number of aromatic hydroxyl groups is 1. The highest BCUT2D eigenvalue weighted by Gasteiger charge is 2.57. The van der Waals surface area contributed by atoms with Gasteiger partial charge in [0, 0.05) is 48.8 Å². The van der Waals surface area contributed by atoms with Gasteiger partial charge in [0.25, 0.3) is 5.91 Å². The van der Waals surface area contributed by atoms with Crippen molar-refractivity contribution in [1.82, 2.24) is 5.32 Å². The Kier molecular flexibility index (Phi) is 6.78. The number of nitrogens with one attached hydrogen (secondary N) is 2. The molecule has 0 aliphatic heterocycles. The first-order valence-electron chi connectivity index (χ1n) is 12.1. The summed E-state index contributed by atoms with van der Waals surface area (Å²) in [5.74, 6) is -5.86. The lowest BCUT2D eigenvalue weighted by Crippen LogP contribution is -2.61. The molecule has 1 aromatic carbocycles. The van der Waals surface area contributed by atoms with Crippen LogP contribution in [0.25, 0.3) is 5.76 Å². The Bertz CT molecular complexity index is 1280. The van der Waals surface area contributed by atoms with E-state index in [-0.39, 0.29) is 48.5 Å². The van der Waals surface area contributed by atoms with Gasteiger partial charge in [-0.05, 0) is 43.4 Å². The van der Waals surface area contributed by atoms with Crippen LogP contribution in [0.3, 0.4) is 0 Å². The summed E-state index contributed by atoms with van der Waals surface area (Å²) in [6, 6.07) is 1.76. The number of carbonyl (C=O) groups is 3. The van der Waals surface area contributed by atoms with Crippen LogP contribution in [-0.2, 0) is 27.3 Å². The van der Waals surface area contributed by atoms with Crippen LogP contribution in [0.5, 0.6) is 5.75 Å². The van der Waals surface area contributed by atoms with Crippen LogP contribution in [0, 0.1) is 11.8 Å². The number of amides is 1. The van der Waals surface area contributed by atoms with Crippen LogP contribution >= 0.6 is 0 Å². The van der Waals surface area contributed by atoms with Crippen molar-refractivity contribution >= 4 is 28.9 Å². The zero-order valence-corrected chi connectivity index (χ0v) is 20.6. The predicted octanol–water partition coefficient (Wildman–Crippen LogP) is 1.37. The van der Waals surface area contributed by atoms with E-state index in [1.165, 1.54) is 0 Å². The number of phenols is 1. The van der Waals surface area contributed by atoms with Gasteiger partial charge in [-0.1, -0.05) is 6.58 Å². The number of phenolic OH excluding ortho intramolecular Hbond substituents is 1. The number of allylic oxidation sites excluding steroid dienone is 2. The molecule has 1 aromatic rings. The summed E-state index contributed by atoms with van der Waals surface area (Å²) in [5.41, 5.74) is 11.5. The molecule has 0 bridgehead atoms. The van der Waals surface area contributed by atoms with Crippen molar-refractivity contribution in [3.63, 3.8) is 0 Å². The van der Waals surface area contributed by atoms with Gasteiger partial charge in [-0.25, -0.2) is 0 Å². The number of carbonyl (C=O) groups excluding carboxylic acids is 3. The van der Waals surface area contributed by atoms with E-state index >= 15 is 0 Å². The summed E-state index contributed by atoms with van der Waals surface area (Å²) >= 11 is 0. The topological polar surface area (TPSA) is 208 Å².